The third-order valence-corrected chi connectivity index (χ3v) is 4.21. The van der Waals surface area contributed by atoms with Gasteiger partial charge in [0.2, 0.25) is 0 Å². The quantitative estimate of drug-likeness (QED) is 0.873. The SMILES string of the molecule is Cc1ccc(C[C@H](N)B2OC(C)(C)C(C)(C)O2)cc1.Cl. The molecule has 0 unspecified atom stereocenters. The lowest BCUT2D eigenvalue weighted by molar-refractivity contribution is 0.00578. The van der Waals surface area contributed by atoms with Gasteiger partial charge in [-0.25, -0.2) is 0 Å². The van der Waals surface area contributed by atoms with Crippen molar-refractivity contribution in [3.8, 4) is 0 Å². The van der Waals surface area contributed by atoms with E-state index in [-0.39, 0.29) is 36.7 Å². The highest BCUT2D eigenvalue weighted by atomic mass is 35.5. The number of nitrogens with two attached hydrogens (primary N) is 1. The summed E-state index contributed by atoms with van der Waals surface area (Å²) < 4.78 is 11.9. The molecule has 0 aromatic heterocycles. The van der Waals surface area contributed by atoms with Gasteiger partial charge >= 0.3 is 7.12 Å². The molecule has 3 nitrogen and oxygen atoms in total. The van der Waals surface area contributed by atoms with Gasteiger partial charge in [-0.1, -0.05) is 29.8 Å². The molecule has 0 bridgehead atoms. The molecule has 1 heterocycles. The van der Waals surface area contributed by atoms with E-state index in [0.717, 1.165) is 6.42 Å². The van der Waals surface area contributed by atoms with Crippen LogP contribution in [0.3, 0.4) is 0 Å². The van der Waals surface area contributed by atoms with Gasteiger partial charge in [0.15, 0.2) is 0 Å². The molecule has 2 N–H and O–H groups in total. The van der Waals surface area contributed by atoms with E-state index in [1.54, 1.807) is 0 Å². The summed E-state index contributed by atoms with van der Waals surface area (Å²) in [6.45, 7) is 10.3. The van der Waals surface area contributed by atoms with Crippen molar-refractivity contribution in [1.82, 2.24) is 0 Å². The topological polar surface area (TPSA) is 44.5 Å². The van der Waals surface area contributed by atoms with Gasteiger partial charge in [-0.05, 0) is 46.6 Å². The normalized spacial score (nSPS) is 21.4. The maximum Gasteiger partial charge on any atom is 0.476 e. The van der Waals surface area contributed by atoms with Crippen molar-refractivity contribution >= 4 is 19.5 Å². The molecule has 2 rings (SSSR count). The summed E-state index contributed by atoms with van der Waals surface area (Å²) in [4.78, 5) is 0. The highest BCUT2D eigenvalue weighted by molar-refractivity contribution is 6.47. The van der Waals surface area contributed by atoms with Crippen LogP contribution in [0.15, 0.2) is 24.3 Å². The summed E-state index contributed by atoms with van der Waals surface area (Å²) in [6, 6.07) is 8.43. The van der Waals surface area contributed by atoms with E-state index < -0.39 is 0 Å². The third-order valence-electron chi connectivity index (χ3n) is 4.21. The molecule has 0 saturated carbocycles. The first-order valence-corrected chi connectivity index (χ1v) is 6.88. The van der Waals surface area contributed by atoms with Crippen LogP contribution in [0.25, 0.3) is 0 Å². The molecule has 20 heavy (non-hydrogen) atoms. The monoisotopic (exact) mass is 297 g/mol. The van der Waals surface area contributed by atoms with E-state index in [1.807, 2.05) is 27.7 Å². The minimum absolute atomic E-state index is 0. The Morgan fingerprint density at radius 2 is 1.50 bits per heavy atom. The molecule has 1 aromatic carbocycles. The number of hydrogen-bond donors (Lipinski definition) is 1. The lowest BCUT2D eigenvalue weighted by atomic mass is 9.75. The van der Waals surface area contributed by atoms with Gasteiger partial charge in [0.1, 0.15) is 0 Å². The van der Waals surface area contributed by atoms with Crippen LogP contribution in [0.1, 0.15) is 38.8 Å². The molecule has 1 aliphatic rings. The first-order chi connectivity index (χ1) is 8.71. The van der Waals surface area contributed by atoms with Gasteiger partial charge in [0.05, 0.1) is 11.2 Å². The van der Waals surface area contributed by atoms with Crippen LogP contribution in [0.2, 0.25) is 0 Å². The van der Waals surface area contributed by atoms with Crippen molar-refractivity contribution < 1.29 is 9.31 Å². The van der Waals surface area contributed by atoms with Gasteiger partial charge in [-0.2, -0.15) is 0 Å². The van der Waals surface area contributed by atoms with Crippen LogP contribution in [-0.2, 0) is 15.7 Å². The number of benzene rings is 1. The van der Waals surface area contributed by atoms with E-state index in [4.69, 9.17) is 15.0 Å². The largest absolute Gasteiger partial charge is 0.476 e. The first-order valence-electron chi connectivity index (χ1n) is 6.88. The summed E-state index contributed by atoms with van der Waals surface area (Å²) in [5, 5.41) is 0. The van der Waals surface area contributed by atoms with Crippen LogP contribution in [0.4, 0.5) is 0 Å². The molecule has 1 atom stereocenters. The van der Waals surface area contributed by atoms with Crippen molar-refractivity contribution in [3.05, 3.63) is 35.4 Å². The van der Waals surface area contributed by atoms with Gasteiger partial charge in [0.25, 0.3) is 0 Å². The van der Waals surface area contributed by atoms with Crippen LogP contribution >= 0.6 is 12.4 Å². The molecule has 5 heteroatoms. The first kappa shape index (κ1) is 17.5. The highest BCUT2D eigenvalue weighted by Gasteiger charge is 2.52. The predicted molar refractivity (Wildman–Crippen MR) is 86.2 cm³/mol. The fraction of sp³-hybridized carbons (Fsp3) is 0.600. The molecule has 0 spiro atoms. The van der Waals surface area contributed by atoms with Gasteiger partial charge < -0.3 is 15.0 Å². The van der Waals surface area contributed by atoms with Crippen LogP contribution in [0.5, 0.6) is 0 Å². The fourth-order valence-electron chi connectivity index (χ4n) is 2.16. The fourth-order valence-corrected chi connectivity index (χ4v) is 2.16. The zero-order valence-electron chi connectivity index (χ0n) is 13.0. The Balaban J connectivity index is 0.00000200. The summed E-state index contributed by atoms with van der Waals surface area (Å²) >= 11 is 0. The minimum Gasteiger partial charge on any atom is -0.402 e. The van der Waals surface area contributed by atoms with Crippen molar-refractivity contribution in [1.29, 1.82) is 0 Å². The third kappa shape index (κ3) is 3.56. The van der Waals surface area contributed by atoms with Gasteiger partial charge in [-0.15, -0.1) is 12.4 Å². The molecular formula is C15H25BClNO2. The van der Waals surface area contributed by atoms with Gasteiger partial charge in [0, 0.05) is 5.94 Å². The van der Waals surface area contributed by atoms with Crippen molar-refractivity contribution in [2.24, 2.45) is 5.73 Å². The number of hydrogen-bond acceptors (Lipinski definition) is 3. The lowest BCUT2D eigenvalue weighted by Crippen LogP contribution is -2.43. The Morgan fingerprint density at radius 1 is 1.05 bits per heavy atom. The molecule has 1 fully saturated rings. The zero-order chi connectivity index (χ0) is 14.3. The predicted octanol–water partition coefficient (Wildman–Crippen LogP) is 2.92. The number of rotatable bonds is 3. The molecule has 1 aliphatic heterocycles. The second kappa shape index (κ2) is 6.06. The average Bonchev–Trinajstić information content (AvgIpc) is 2.51. The second-order valence-electron chi connectivity index (χ2n) is 6.48. The smallest absolute Gasteiger partial charge is 0.402 e. The van der Waals surface area contributed by atoms with Crippen molar-refractivity contribution in [3.63, 3.8) is 0 Å². The average molecular weight is 298 g/mol. The number of halogens is 1. The summed E-state index contributed by atoms with van der Waals surface area (Å²) in [5.74, 6) is -0.149. The Morgan fingerprint density at radius 3 is 1.95 bits per heavy atom. The Labute approximate surface area is 128 Å². The Kier molecular flexibility index (Phi) is 5.31. The lowest BCUT2D eigenvalue weighted by Gasteiger charge is -2.32. The molecule has 0 aliphatic carbocycles. The van der Waals surface area contributed by atoms with Crippen LogP contribution in [0, 0.1) is 6.92 Å². The molecule has 1 aromatic rings. The Bertz CT molecular complexity index is 432. The van der Waals surface area contributed by atoms with E-state index in [0.29, 0.717) is 0 Å². The van der Waals surface area contributed by atoms with Crippen LogP contribution in [-0.4, -0.2) is 24.3 Å². The molecular weight excluding hydrogens is 272 g/mol. The van der Waals surface area contributed by atoms with E-state index in [2.05, 4.69) is 31.2 Å². The van der Waals surface area contributed by atoms with E-state index >= 15 is 0 Å². The molecule has 0 radical (unpaired) electrons. The number of aryl methyl sites for hydroxylation is 1. The van der Waals surface area contributed by atoms with Crippen molar-refractivity contribution in [2.75, 3.05) is 0 Å². The Hall–Kier alpha value is -0.545. The van der Waals surface area contributed by atoms with Gasteiger partial charge in [-0.3, -0.25) is 0 Å². The maximum atomic E-state index is 6.24. The zero-order valence-corrected chi connectivity index (χ0v) is 13.8. The maximum absolute atomic E-state index is 6.24. The molecule has 112 valence electrons. The summed E-state index contributed by atoms with van der Waals surface area (Å²) in [7, 11) is -0.341. The summed E-state index contributed by atoms with van der Waals surface area (Å²) in [5.41, 5.74) is 8.08. The molecule has 1 saturated heterocycles. The summed E-state index contributed by atoms with van der Waals surface area (Å²) in [6.07, 6.45) is 0.761. The minimum atomic E-state index is -0.341. The van der Waals surface area contributed by atoms with Crippen LogP contribution < -0.4 is 5.73 Å². The molecule has 0 amide bonds. The highest BCUT2D eigenvalue weighted by Crippen LogP contribution is 2.37. The second-order valence-corrected chi connectivity index (χ2v) is 6.48. The van der Waals surface area contributed by atoms with E-state index in [9.17, 15) is 0 Å². The van der Waals surface area contributed by atoms with Crippen molar-refractivity contribution in [2.45, 2.75) is 58.2 Å². The standard InChI is InChI=1S/C15H24BNO2.ClH/c1-11-6-8-12(9-7-11)10-13(17)16-18-14(2,3)15(4,5)19-16;/h6-9,13H,10,17H2,1-5H3;1H/t13-;/m0./s1. The van der Waals surface area contributed by atoms with E-state index in [1.165, 1.54) is 11.1 Å².